The molecule has 2 aromatic carbocycles. The summed E-state index contributed by atoms with van der Waals surface area (Å²) in [5.41, 5.74) is 2.57. The van der Waals surface area contributed by atoms with E-state index in [1.807, 2.05) is 35.2 Å². The molecule has 5 rings (SSSR count). The predicted octanol–water partition coefficient (Wildman–Crippen LogP) is 1.97. The van der Waals surface area contributed by atoms with E-state index >= 15 is 0 Å². The van der Waals surface area contributed by atoms with Gasteiger partial charge in [-0.1, -0.05) is 30.3 Å². The lowest BCUT2D eigenvalue weighted by Crippen LogP contribution is -2.50. The molecule has 1 atom stereocenters. The van der Waals surface area contributed by atoms with Gasteiger partial charge < -0.3 is 14.7 Å². The lowest BCUT2D eigenvalue weighted by molar-refractivity contribution is -0.133. The first kappa shape index (κ1) is 18.8. The molecule has 0 aliphatic carbocycles. The number of fused-ring (bicyclic) bond motifs is 5. The lowest BCUT2D eigenvalue weighted by Gasteiger charge is -2.41. The topological polar surface area (TPSA) is 64.2 Å². The number of amides is 3. The molecule has 1 fully saturated rings. The average Bonchev–Trinajstić information content (AvgIpc) is 3.07. The third-order valence-corrected chi connectivity index (χ3v) is 6.31. The molecule has 7 nitrogen and oxygen atoms in total. The molecule has 7 heteroatoms. The third kappa shape index (κ3) is 2.89. The van der Waals surface area contributed by atoms with E-state index in [1.54, 1.807) is 28.0 Å². The molecule has 2 aromatic rings. The van der Waals surface area contributed by atoms with Gasteiger partial charge in [0.15, 0.2) is 0 Å². The Morgan fingerprint density at radius 1 is 0.900 bits per heavy atom. The molecule has 154 valence electrons. The molecule has 0 aromatic heterocycles. The first-order valence-electron chi connectivity index (χ1n) is 10.3. The highest BCUT2D eigenvalue weighted by atomic mass is 16.2. The van der Waals surface area contributed by atoms with E-state index < -0.39 is 6.17 Å². The fourth-order valence-electron chi connectivity index (χ4n) is 4.63. The van der Waals surface area contributed by atoms with Gasteiger partial charge in [0.05, 0.1) is 11.3 Å². The summed E-state index contributed by atoms with van der Waals surface area (Å²) >= 11 is 0. The molecule has 0 N–H and O–H groups in total. The summed E-state index contributed by atoms with van der Waals surface area (Å²) in [4.78, 5) is 46.8. The number of hydrogen-bond acceptors (Lipinski definition) is 4. The van der Waals surface area contributed by atoms with Crippen LogP contribution in [0.2, 0.25) is 0 Å². The minimum Gasteiger partial charge on any atom is -0.340 e. The van der Waals surface area contributed by atoms with Crippen molar-refractivity contribution < 1.29 is 14.4 Å². The van der Waals surface area contributed by atoms with Gasteiger partial charge in [0, 0.05) is 50.3 Å². The van der Waals surface area contributed by atoms with Gasteiger partial charge in [0.1, 0.15) is 6.17 Å². The predicted molar refractivity (Wildman–Crippen MR) is 112 cm³/mol. The van der Waals surface area contributed by atoms with Gasteiger partial charge in [-0.3, -0.25) is 19.3 Å². The molecule has 0 saturated carbocycles. The smallest absolute Gasteiger partial charge is 0.260 e. The average molecular weight is 404 g/mol. The molecule has 0 spiro atoms. The van der Waals surface area contributed by atoms with Gasteiger partial charge in [0.25, 0.3) is 11.8 Å². The molecule has 0 bridgehead atoms. The fourth-order valence-corrected chi connectivity index (χ4v) is 4.63. The monoisotopic (exact) mass is 404 g/mol. The largest absolute Gasteiger partial charge is 0.340 e. The van der Waals surface area contributed by atoms with Crippen molar-refractivity contribution in [2.24, 2.45) is 0 Å². The Balaban J connectivity index is 1.45. The molecule has 3 aliphatic heterocycles. The van der Waals surface area contributed by atoms with E-state index in [-0.39, 0.29) is 30.7 Å². The van der Waals surface area contributed by atoms with E-state index in [1.165, 1.54) is 0 Å². The number of hydrogen-bond donors (Lipinski definition) is 0. The quantitative estimate of drug-likeness (QED) is 0.785. The van der Waals surface area contributed by atoms with Crippen molar-refractivity contribution in [3.05, 3.63) is 65.2 Å². The normalized spacial score (nSPS) is 20.8. The second kappa shape index (κ2) is 7.25. The summed E-state index contributed by atoms with van der Waals surface area (Å²) in [7, 11) is 2.05. The fraction of sp³-hybridized carbons (Fsp3) is 0.348. The maximum absolute atomic E-state index is 13.4. The molecule has 1 saturated heterocycles. The van der Waals surface area contributed by atoms with Crippen LogP contribution < -0.4 is 4.90 Å². The van der Waals surface area contributed by atoms with Crippen molar-refractivity contribution in [2.45, 2.75) is 12.6 Å². The van der Waals surface area contributed by atoms with Gasteiger partial charge in [-0.05, 0) is 25.2 Å². The van der Waals surface area contributed by atoms with Gasteiger partial charge in [-0.25, -0.2) is 0 Å². The maximum atomic E-state index is 13.4. The van der Waals surface area contributed by atoms with Crippen LogP contribution in [0.5, 0.6) is 0 Å². The van der Waals surface area contributed by atoms with Crippen LogP contribution in [0.4, 0.5) is 5.69 Å². The van der Waals surface area contributed by atoms with Crippen molar-refractivity contribution >= 4 is 23.4 Å². The maximum Gasteiger partial charge on any atom is 0.260 e. The van der Waals surface area contributed by atoms with Crippen molar-refractivity contribution in [2.75, 3.05) is 44.7 Å². The molecule has 0 radical (unpaired) electrons. The highest BCUT2D eigenvalue weighted by Crippen LogP contribution is 2.45. The van der Waals surface area contributed by atoms with Gasteiger partial charge in [-0.15, -0.1) is 0 Å². The number of anilines is 1. The second-order valence-corrected chi connectivity index (χ2v) is 8.09. The van der Waals surface area contributed by atoms with Crippen LogP contribution in [0.3, 0.4) is 0 Å². The van der Waals surface area contributed by atoms with Crippen LogP contribution in [0.15, 0.2) is 48.5 Å². The Kier molecular flexibility index (Phi) is 4.55. The number of benzene rings is 2. The van der Waals surface area contributed by atoms with E-state index in [0.29, 0.717) is 29.9 Å². The van der Waals surface area contributed by atoms with Crippen LogP contribution in [-0.2, 0) is 4.79 Å². The first-order valence-corrected chi connectivity index (χ1v) is 10.3. The summed E-state index contributed by atoms with van der Waals surface area (Å²) in [5, 5.41) is 0. The standard InChI is InChI=1S/C23H24N4O3/c1-24-12-14-25(15-13-24)20(28)10-11-26-21-16-6-2-3-7-17(16)23(30)27(21)19-9-5-4-8-18(19)22(26)29/h2-9,21H,10-15H2,1H3. The Hall–Kier alpha value is -3.19. The summed E-state index contributed by atoms with van der Waals surface area (Å²) in [6.07, 6.45) is -0.255. The van der Waals surface area contributed by atoms with Crippen LogP contribution in [0.1, 0.15) is 38.9 Å². The lowest BCUT2D eigenvalue weighted by atomic mass is 10.0. The van der Waals surface area contributed by atoms with Gasteiger partial charge in [-0.2, -0.15) is 0 Å². The number of likely N-dealkylation sites (N-methyl/N-ethyl adjacent to an activating group) is 1. The highest BCUT2D eigenvalue weighted by Gasteiger charge is 2.47. The van der Waals surface area contributed by atoms with E-state index in [2.05, 4.69) is 11.9 Å². The third-order valence-electron chi connectivity index (χ3n) is 6.31. The Bertz CT molecular complexity index is 1030. The minimum absolute atomic E-state index is 0.0546. The van der Waals surface area contributed by atoms with E-state index in [4.69, 9.17) is 0 Å². The number of nitrogens with zero attached hydrogens (tertiary/aromatic N) is 4. The second-order valence-electron chi connectivity index (χ2n) is 8.09. The Labute approximate surface area is 175 Å². The summed E-state index contributed by atoms with van der Waals surface area (Å²) in [6, 6.07) is 14.6. The van der Waals surface area contributed by atoms with Crippen LogP contribution >= 0.6 is 0 Å². The molecular formula is C23H24N4O3. The van der Waals surface area contributed by atoms with Crippen molar-refractivity contribution in [1.82, 2.24) is 14.7 Å². The molecule has 1 unspecified atom stereocenters. The minimum atomic E-state index is -0.503. The van der Waals surface area contributed by atoms with Crippen molar-refractivity contribution in [3.8, 4) is 0 Å². The van der Waals surface area contributed by atoms with Gasteiger partial charge in [0.2, 0.25) is 5.91 Å². The van der Waals surface area contributed by atoms with Crippen molar-refractivity contribution in [1.29, 1.82) is 0 Å². The number of rotatable bonds is 3. The SMILES string of the molecule is CN1CCN(C(=O)CCN2C(=O)c3ccccc3N3C(=O)c4ccccc4C23)CC1. The van der Waals surface area contributed by atoms with E-state index in [0.717, 1.165) is 18.7 Å². The Morgan fingerprint density at radius 3 is 2.33 bits per heavy atom. The van der Waals surface area contributed by atoms with Gasteiger partial charge >= 0.3 is 0 Å². The number of piperazine rings is 1. The number of carbonyl (C=O) groups is 3. The van der Waals surface area contributed by atoms with Crippen LogP contribution in [0.25, 0.3) is 0 Å². The zero-order valence-electron chi connectivity index (χ0n) is 17.0. The molecule has 3 aliphatic rings. The Morgan fingerprint density at radius 2 is 1.57 bits per heavy atom. The first-order chi connectivity index (χ1) is 14.6. The van der Waals surface area contributed by atoms with Crippen molar-refractivity contribution in [3.63, 3.8) is 0 Å². The number of carbonyl (C=O) groups excluding carboxylic acids is 3. The summed E-state index contributed by atoms with van der Waals surface area (Å²) in [5.74, 6) is -0.188. The number of para-hydroxylation sites is 1. The van der Waals surface area contributed by atoms with Crippen LogP contribution in [-0.4, -0.2) is 72.2 Å². The van der Waals surface area contributed by atoms with Crippen LogP contribution in [0, 0.1) is 0 Å². The van der Waals surface area contributed by atoms with E-state index in [9.17, 15) is 14.4 Å². The molecule has 3 amide bonds. The summed E-state index contributed by atoms with van der Waals surface area (Å²) < 4.78 is 0. The zero-order chi connectivity index (χ0) is 20.8. The zero-order valence-corrected chi connectivity index (χ0v) is 17.0. The molecular weight excluding hydrogens is 380 g/mol. The summed E-state index contributed by atoms with van der Waals surface area (Å²) in [6.45, 7) is 3.42. The highest BCUT2D eigenvalue weighted by molar-refractivity contribution is 6.16. The molecule has 30 heavy (non-hydrogen) atoms. The molecule has 3 heterocycles.